The van der Waals surface area contributed by atoms with Gasteiger partial charge in [-0.2, -0.15) is 12.0 Å². The number of carboxylic acids is 3. The molecule has 0 aromatic carbocycles. The summed E-state index contributed by atoms with van der Waals surface area (Å²) >= 11 is 0. The fourth-order valence-corrected chi connectivity index (χ4v) is 1.21. The number of carbonyl (C=O) groups is 3. The molecule has 0 spiro atoms. The summed E-state index contributed by atoms with van der Waals surface area (Å²) in [6.07, 6.45) is 4.80. The van der Waals surface area contributed by atoms with Gasteiger partial charge in [-0.25, -0.2) is 9.59 Å². The largest absolute Gasteiger partial charge is 2.00 e. The first-order valence-electron chi connectivity index (χ1n) is 5.38. The first-order valence-corrected chi connectivity index (χ1v) is 5.38. The van der Waals surface area contributed by atoms with Gasteiger partial charge in [0.1, 0.15) is 0 Å². The van der Waals surface area contributed by atoms with Gasteiger partial charge >= 0.3 is 33.0 Å². The zero-order valence-electron chi connectivity index (χ0n) is 11.1. The summed E-state index contributed by atoms with van der Waals surface area (Å²) in [7, 11) is 0. The Labute approximate surface area is 131 Å². The van der Waals surface area contributed by atoms with Crippen molar-refractivity contribution in [3.05, 3.63) is 12.7 Å². The zero-order valence-corrected chi connectivity index (χ0v) is 13.3. The van der Waals surface area contributed by atoms with Crippen molar-refractivity contribution in [2.75, 3.05) is 0 Å². The molecule has 1 rings (SSSR count). The monoisotopic (exact) mass is 474 g/mol. The van der Waals surface area contributed by atoms with Crippen LogP contribution in [0.5, 0.6) is 0 Å². The van der Waals surface area contributed by atoms with Crippen LogP contribution < -0.4 is 0 Å². The molecular formula is C11H21NO7Pt. The molecular weight excluding hydrogens is 453 g/mol. The minimum atomic E-state index is -1.82. The van der Waals surface area contributed by atoms with Crippen molar-refractivity contribution in [1.82, 2.24) is 0 Å². The second kappa shape index (κ2) is 16.1. The van der Waals surface area contributed by atoms with Gasteiger partial charge in [0, 0.05) is 6.92 Å². The fraction of sp³-hybridized carbons (Fsp3) is 0.636. The average molecular weight is 474 g/mol. The van der Waals surface area contributed by atoms with Gasteiger partial charge in [-0.1, -0.05) is 25.7 Å². The van der Waals surface area contributed by atoms with Crippen molar-refractivity contribution in [1.29, 1.82) is 0 Å². The maximum Gasteiger partial charge on any atom is 2.00 e. The topological polar surface area (TPSA) is 167 Å². The maximum absolute atomic E-state index is 9.10. The fourth-order valence-electron chi connectivity index (χ4n) is 1.21. The Hall–Kier alpha value is -0.982. The zero-order chi connectivity index (χ0) is 14.7. The molecule has 0 heterocycles. The number of hydrogen-bond donors (Lipinski definition) is 3. The first-order chi connectivity index (χ1) is 8.18. The number of hydrogen-bond acceptors (Lipinski definition) is 3. The van der Waals surface area contributed by atoms with E-state index in [4.69, 9.17) is 35.4 Å². The molecule has 2 atom stereocenters. The van der Waals surface area contributed by atoms with Gasteiger partial charge < -0.3 is 33.5 Å². The minimum Gasteiger partial charge on any atom is -0.677 e. The van der Waals surface area contributed by atoms with Crippen LogP contribution in [-0.4, -0.2) is 44.7 Å². The van der Waals surface area contributed by atoms with E-state index in [0.29, 0.717) is 5.92 Å². The van der Waals surface area contributed by atoms with Crippen LogP contribution in [0.25, 0.3) is 5.73 Å². The van der Waals surface area contributed by atoms with Crippen LogP contribution in [0.15, 0.2) is 0 Å². The third kappa shape index (κ3) is 22.2. The molecule has 8 nitrogen and oxygen atoms in total. The van der Waals surface area contributed by atoms with E-state index >= 15 is 0 Å². The summed E-state index contributed by atoms with van der Waals surface area (Å²) in [5.41, 5.74) is 7.42. The molecule has 20 heavy (non-hydrogen) atoms. The van der Waals surface area contributed by atoms with Crippen LogP contribution in [0.2, 0.25) is 0 Å². The van der Waals surface area contributed by atoms with E-state index < -0.39 is 17.9 Å². The standard InChI is InChI=1S/C7H13N.C2H2O4.C2H4O2.H2O.Pt/c1-6-4-2-3-5-7(6)8;3-1(4)2(5)6;1-2(3)4;;/h6-8H,1-5H2;(H,3,4)(H,5,6);1H3,(H,3,4);1H2;/q-2;;;;+2. The van der Waals surface area contributed by atoms with Crippen LogP contribution in [0.1, 0.15) is 32.6 Å². The minimum absolute atomic E-state index is 0. The number of rotatable bonds is 0. The van der Waals surface area contributed by atoms with E-state index in [0.717, 1.165) is 13.3 Å². The van der Waals surface area contributed by atoms with Gasteiger partial charge in [-0.3, -0.25) is 4.79 Å². The van der Waals surface area contributed by atoms with Crippen molar-refractivity contribution in [3.63, 3.8) is 0 Å². The summed E-state index contributed by atoms with van der Waals surface area (Å²) in [6, 6.07) is 0.142. The molecule has 0 saturated heterocycles. The predicted molar refractivity (Wildman–Crippen MR) is 67.6 cm³/mol. The Morgan fingerprint density at radius 2 is 1.35 bits per heavy atom. The molecule has 1 aliphatic carbocycles. The molecule has 0 aliphatic heterocycles. The summed E-state index contributed by atoms with van der Waals surface area (Å²) in [4.78, 5) is 27.2. The Bertz CT molecular complexity index is 260. The number of nitrogens with one attached hydrogen (secondary N) is 1. The van der Waals surface area contributed by atoms with E-state index in [-0.39, 0.29) is 32.6 Å². The summed E-state index contributed by atoms with van der Waals surface area (Å²) in [5.74, 6) is -4.06. The van der Waals surface area contributed by atoms with Crippen molar-refractivity contribution < 1.29 is 56.2 Å². The second-order valence-corrected chi connectivity index (χ2v) is 3.78. The third-order valence-corrected chi connectivity index (χ3v) is 2.09. The molecule has 122 valence electrons. The molecule has 2 unspecified atom stereocenters. The maximum atomic E-state index is 9.10. The van der Waals surface area contributed by atoms with Crippen LogP contribution in [0.4, 0.5) is 0 Å². The SMILES string of the molecule is CC(=O)O.O.O=C(O)C(=O)O.[CH2-]C1CCCCC1[NH-].[Pt+2]. The van der Waals surface area contributed by atoms with Crippen molar-refractivity contribution >= 4 is 17.9 Å². The van der Waals surface area contributed by atoms with Crippen LogP contribution >= 0.6 is 0 Å². The summed E-state index contributed by atoms with van der Waals surface area (Å²) in [6.45, 7) is 4.97. The Kier molecular flexibility index (Phi) is 22.0. The van der Waals surface area contributed by atoms with Crippen molar-refractivity contribution in [2.45, 2.75) is 38.6 Å². The molecule has 0 amide bonds. The Morgan fingerprint density at radius 3 is 1.50 bits per heavy atom. The van der Waals surface area contributed by atoms with Crippen molar-refractivity contribution in [2.24, 2.45) is 5.92 Å². The quantitative estimate of drug-likeness (QED) is 0.348. The molecule has 1 fully saturated rings. The van der Waals surface area contributed by atoms with Crippen molar-refractivity contribution in [3.8, 4) is 0 Å². The van der Waals surface area contributed by atoms with Crippen LogP contribution in [0, 0.1) is 12.8 Å². The van der Waals surface area contributed by atoms with E-state index in [9.17, 15) is 0 Å². The van der Waals surface area contributed by atoms with Gasteiger partial charge in [0.05, 0.1) is 0 Å². The van der Waals surface area contributed by atoms with Gasteiger partial charge in [0.15, 0.2) is 0 Å². The van der Waals surface area contributed by atoms with Crippen LogP contribution in [0.3, 0.4) is 0 Å². The van der Waals surface area contributed by atoms with Gasteiger partial charge in [-0.05, 0) is 0 Å². The molecule has 0 bridgehead atoms. The molecule has 0 aromatic rings. The predicted octanol–water partition coefficient (Wildman–Crippen LogP) is 0.851. The van der Waals surface area contributed by atoms with Gasteiger partial charge in [-0.15, -0.1) is 0 Å². The molecule has 0 aromatic heterocycles. The Morgan fingerprint density at radius 1 is 1.05 bits per heavy atom. The van der Waals surface area contributed by atoms with Gasteiger partial charge in [0.25, 0.3) is 5.97 Å². The molecule has 0 radical (unpaired) electrons. The normalized spacial score (nSPS) is 19.4. The molecule has 1 aliphatic rings. The molecule has 6 N–H and O–H groups in total. The summed E-state index contributed by atoms with van der Waals surface area (Å²) in [5, 5.41) is 22.2. The smallest absolute Gasteiger partial charge is 0.677 e. The second-order valence-electron chi connectivity index (χ2n) is 3.78. The van der Waals surface area contributed by atoms with Crippen LogP contribution in [-0.2, 0) is 35.4 Å². The van der Waals surface area contributed by atoms with E-state index in [1.54, 1.807) is 0 Å². The van der Waals surface area contributed by atoms with Gasteiger partial charge in [0.2, 0.25) is 0 Å². The van der Waals surface area contributed by atoms with E-state index in [1.165, 1.54) is 19.3 Å². The van der Waals surface area contributed by atoms with E-state index in [2.05, 4.69) is 6.92 Å². The summed E-state index contributed by atoms with van der Waals surface area (Å²) < 4.78 is 0. The van der Waals surface area contributed by atoms with E-state index in [1.807, 2.05) is 0 Å². The first kappa shape index (κ1) is 27.4. The Balaban J connectivity index is -0.0000000969. The average Bonchev–Trinajstić information content (AvgIpc) is 2.22. The molecule has 9 heteroatoms. The number of aliphatic carboxylic acids is 3. The number of carboxylic acid groups (broad SMARTS) is 3. The molecule has 1 saturated carbocycles. The third-order valence-electron chi connectivity index (χ3n) is 2.09.